The maximum absolute atomic E-state index is 12.0. The predicted molar refractivity (Wildman–Crippen MR) is 71.7 cm³/mol. The number of nitro groups is 1. The van der Waals surface area contributed by atoms with Gasteiger partial charge in [-0.1, -0.05) is 26.0 Å². The summed E-state index contributed by atoms with van der Waals surface area (Å²) in [4.78, 5) is 35.7. The third-order valence-electron chi connectivity index (χ3n) is 4.00. The van der Waals surface area contributed by atoms with Gasteiger partial charge < -0.3 is 0 Å². The molecule has 0 bridgehead atoms. The second-order valence-electron chi connectivity index (χ2n) is 5.16. The standard InChI is InChI=1S/C14H16N2O4/c1-8-9(2)14(18)15(13(8)17)7-11-5-4-6-12(10(11)3)16(19)20/h4-6,8-9H,7H2,1-3H3/t8-,9-/m0/s1. The van der Waals surface area contributed by atoms with Gasteiger partial charge in [-0.05, 0) is 12.5 Å². The van der Waals surface area contributed by atoms with Crippen LogP contribution in [-0.4, -0.2) is 21.6 Å². The van der Waals surface area contributed by atoms with Gasteiger partial charge >= 0.3 is 0 Å². The number of nitrogens with zero attached hydrogens (tertiary/aromatic N) is 2. The van der Waals surface area contributed by atoms with Crippen LogP contribution in [0.15, 0.2) is 18.2 Å². The molecule has 2 rings (SSSR count). The number of amides is 2. The van der Waals surface area contributed by atoms with Crippen molar-refractivity contribution in [3.05, 3.63) is 39.4 Å². The summed E-state index contributed by atoms with van der Waals surface area (Å²) >= 11 is 0. The second-order valence-corrected chi connectivity index (χ2v) is 5.16. The molecule has 1 aliphatic heterocycles. The van der Waals surface area contributed by atoms with E-state index in [0.717, 1.165) is 0 Å². The zero-order chi connectivity index (χ0) is 15.0. The number of hydrogen-bond donors (Lipinski definition) is 0. The van der Waals surface area contributed by atoms with Gasteiger partial charge in [-0.2, -0.15) is 0 Å². The fraction of sp³-hybridized carbons (Fsp3) is 0.429. The summed E-state index contributed by atoms with van der Waals surface area (Å²) in [5.41, 5.74) is 1.12. The lowest BCUT2D eigenvalue weighted by Crippen LogP contribution is -2.30. The Morgan fingerprint density at radius 2 is 1.75 bits per heavy atom. The summed E-state index contributed by atoms with van der Waals surface area (Å²) in [5, 5.41) is 10.9. The van der Waals surface area contributed by atoms with Crippen LogP contribution in [0.1, 0.15) is 25.0 Å². The summed E-state index contributed by atoms with van der Waals surface area (Å²) in [6.07, 6.45) is 0. The highest BCUT2D eigenvalue weighted by Gasteiger charge is 2.42. The van der Waals surface area contributed by atoms with Crippen molar-refractivity contribution in [3.63, 3.8) is 0 Å². The van der Waals surface area contributed by atoms with E-state index in [9.17, 15) is 19.7 Å². The fourth-order valence-electron chi connectivity index (χ4n) is 2.39. The molecule has 0 aromatic heterocycles. The average Bonchev–Trinajstić information content (AvgIpc) is 2.58. The number of hydrogen-bond acceptors (Lipinski definition) is 4. The van der Waals surface area contributed by atoms with Crippen molar-refractivity contribution in [3.8, 4) is 0 Å². The SMILES string of the molecule is Cc1c(CN2C(=O)[C@@H](C)[C@H](C)C2=O)cccc1[N+](=O)[O-]. The fourth-order valence-corrected chi connectivity index (χ4v) is 2.39. The molecular weight excluding hydrogens is 260 g/mol. The van der Waals surface area contributed by atoms with E-state index < -0.39 is 4.92 Å². The summed E-state index contributed by atoms with van der Waals surface area (Å²) in [7, 11) is 0. The molecule has 1 aromatic carbocycles. The normalized spacial score (nSPS) is 22.4. The second kappa shape index (κ2) is 5.03. The predicted octanol–water partition coefficient (Wildman–Crippen LogP) is 2.04. The summed E-state index contributed by atoms with van der Waals surface area (Å²) in [5.74, 6) is -1.09. The van der Waals surface area contributed by atoms with Gasteiger partial charge in [-0.15, -0.1) is 0 Å². The Labute approximate surface area is 116 Å². The van der Waals surface area contributed by atoms with E-state index in [-0.39, 0.29) is 35.9 Å². The first-order chi connectivity index (χ1) is 9.34. The third kappa shape index (κ3) is 2.17. The van der Waals surface area contributed by atoms with Gasteiger partial charge in [0.1, 0.15) is 0 Å². The number of rotatable bonds is 3. The van der Waals surface area contributed by atoms with E-state index in [1.54, 1.807) is 32.9 Å². The van der Waals surface area contributed by atoms with Crippen LogP contribution in [0.25, 0.3) is 0 Å². The Morgan fingerprint density at radius 1 is 1.20 bits per heavy atom. The van der Waals surface area contributed by atoms with Gasteiger partial charge in [0, 0.05) is 23.5 Å². The van der Waals surface area contributed by atoms with Gasteiger partial charge in [0.25, 0.3) is 5.69 Å². The molecule has 1 saturated heterocycles. The molecule has 2 atom stereocenters. The Bertz CT molecular complexity index is 577. The van der Waals surface area contributed by atoms with Crippen LogP contribution in [-0.2, 0) is 16.1 Å². The average molecular weight is 276 g/mol. The van der Waals surface area contributed by atoms with Crippen LogP contribution in [0.3, 0.4) is 0 Å². The molecule has 0 radical (unpaired) electrons. The largest absolute Gasteiger partial charge is 0.278 e. The van der Waals surface area contributed by atoms with Crippen molar-refractivity contribution >= 4 is 17.5 Å². The molecule has 0 N–H and O–H groups in total. The number of carbonyl (C=O) groups excluding carboxylic acids is 2. The number of benzene rings is 1. The van der Waals surface area contributed by atoms with Crippen molar-refractivity contribution in [1.82, 2.24) is 4.90 Å². The van der Waals surface area contributed by atoms with Crippen molar-refractivity contribution in [2.45, 2.75) is 27.3 Å². The molecule has 106 valence electrons. The van der Waals surface area contributed by atoms with Crippen LogP contribution in [0, 0.1) is 28.9 Å². The number of likely N-dealkylation sites (tertiary alicyclic amines) is 1. The van der Waals surface area contributed by atoms with E-state index >= 15 is 0 Å². The van der Waals surface area contributed by atoms with Crippen LogP contribution in [0.4, 0.5) is 5.69 Å². The molecule has 1 aliphatic rings. The van der Waals surface area contributed by atoms with E-state index in [2.05, 4.69) is 0 Å². The van der Waals surface area contributed by atoms with Crippen LogP contribution in [0.2, 0.25) is 0 Å². The molecule has 6 heteroatoms. The molecule has 6 nitrogen and oxygen atoms in total. The Morgan fingerprint density at radius 3 is 2.25 bits per heavy atom. The maximum Gasteiger partial charge on any atom is 0.272 e. The molecule has 1 aromatic rings. The van der Waals surface area contributed by atoms with Gasteiger partial charge in [-0.3, -0.25) is 24.6 Å². The minimum absolute atomic E-state index is 0.00249. The monoisotopic (exact) mass is 276 g/mol. The lowest BCUT2D eigenvalue weighted by molar-refractivity contribution is -0.385. The Hall–Kier alpha value is -2.24. The molecule has 0 saturated carbocycles. The van der Waals surface area contributed by atoms with Crippen molar-refractivity contribution in [2.75, 3.05) is 0 Å². The highest BCUT2D eigenvalue weighted by Crippen LogP contribution is 2.29. The zero-order valence-corrected chi connectivity index (χ0v) is 11.6. The summed E-state index contributed by atoms with van der Waals surface area (Å²) < 4.78 is 0. The molecular formula is C14H16N2O4. The van der Waals surface area contributed by atoms with Crippen molar-refractivity contribution in [1.29, 1.82) is 0 Å². The minimum Gasteiger partial charge on any atom is -0.278 e. The van der Waals surface area contributed by atoms with E-state index in [1.165, 1.54) is 11.0 Å². The smallest absolute Gasteiger partial charge is 0.272 e. The van der Waals surface area contributed by atoms with E-state index in [0.29, 0.717) is 11.1 Å². The topological polar surface area (TPSA) is 80.5 Å². The lowest BCUT2D eigenvalue weighted by atomic mass is 10.00. The zero-order valence-electron chi connectivity index (χ0n) is 11.6. The third-order valence-corrected chi connectivity index (χ3v) is 4.00. The Kier molecular flexibility index (Phi) is 3.57. The van der Waals surface area contributed by atoms with Gasteiger partial charge in [0.2, 0.25) is 11.8 Å². The van der Waals surface area contributed by atoms with Gasteiger partial charge in [0.05, 0.1) is 11.5 Å². The molecule has 0 aliphatic carbocycles. The minimum atomic E-state index is -0.461. The van der Waals surface area contributed by atoms with Gasteiger partial charge in [0.15, 0.2) is 0 Å². The first kappa shape index (κ1) is 14.2. The first-order valence-electron chi connectivity index (χ1n) is 6.42. The molecule has 0 spiro atoms. The van der Waals surface area contributed by atoms with Crippen LogP contribution >= 0.6 is 0 Å². The highest BCUT2D eigenvalue weighted by molar-refractivity contribution is 6.04. The molecule has 0 unspecified atom stereocenters. The summed E-state index contributed by atoms with van der Waals surface area (Å²) in [6.45, 7) is 5.18. The van der Waals surface area contributed by atoms with E-state index in [1.807, 2.05) is 0 Å². The first-order valence-corrected chi connectivity index (χ1v) is 6.42. The molecule has 2 amide bonds. The van der Waals surface area contributed by atoms with Crippen molar-refractivity contribution < 1.29 is 14.5 Å². The van der Waals surface area contributed by atoms with Crippen LogP contribution in [0.5, 0.6) is 0 Å². The molecule has 1 fully saturated rings. The maximum atomic E-state index is 12.0. The Balaban J connectivity index is 2.32. The number of carbonyl (C=O) groups is 2. The lowest BCUT2D eigenvalue weighted by Gasteiger charge is -2.16. The molecule has 20 heavy (non-hydrogen) atoms. The quantitative estimate of drug-likeness (QED) is 0.480. The summed E-state index contributed by atoms with van der Waals surface area (Å²) in [6, 6.07) is 4.69. The van der Waals surface area contributed by atoms with E-state index in [4.69, 9.17) is 0 Å². The highest BCUT2D eigenvalue weighted by atomic mass is 16.6. The molecule has 1 heterocycles. The number of imide groups is 1. The van der Waals surface area contributed by atoms with Gasteiger partial charge in [-0.25, -0.2) is 0 Å². The van der Waals surface area contributed by atoms with Crippen molar-refractivity contribution in [2.24, 2.45) is 11.8 Å². The van der Waals surface area contributed by atoms with Crippen LogP contribution < -0.4 is 0 Å². The number of nitro benzene ring substituents is 1.